The van der Waals surface area contributed by atoms with Crippen molar-refractivity contribution in [1.82, 2.24) is 0 Å². The maximum Gasteiger partial charge on any atom is 0.371 e. The minimum atomic E-state index is -1.30. The highest BCUT2D eigenvalue weighted by Crippen LogP contribution is 2.27. The van der Waals surface area contributed by atoms with Crippen molar-refractivity contribution in [2.75, 3.05) is 6.61 Å². The van der Waals surface area contributed by atoms with Gasteiger partial charge in [-0.2, -0.15) is 0 Å². The van der Waals surface area contributed by atoms with Gasteiger partial charge in [0, 0.05) is 6.07 Å². The van der Waals surface area contributed by atoms with E-state index in [0.717, 1.165) is 11.6 Å². The topological polar surface area (TPSA) is 97.0 Å². The Morgan fingerprint density at radius 1 is 1.43 bits per heavy atom. The summed E-state index contributed by atoms with van der Waals surface area (Å²) in [5.41, 5.74) is 0.449. The first kappa shape index (κ1) is 15.1. The molecule has 1 heterocycles. The maximum absolute atomic E-state index is 12.2. The first-order valence-electron chi connectivity index (χ1n) is 6.58. The maximum atomic E-state index is 12.2. The average Bonchev–Trinajstić information content (AvgIpc) is 2.44. The van der Waals surface area contributed by atoms with Crippen molar-refractivity contribution in [2.24, 2.45) is 0 Å². The van der Waals surface area contributed by atoms with E-state index in [-0.39, 0.29) is 23.3 Å². The number of carboxylic acid groups (broad SMARTS) is 1. The zero-order chi connectivity index (χ0) is 15.6. The predicted octanol–water partition coefficient (Wildman–Crippen LogP) is 1.81. The first-order chi connectivity index (χ1) is 9.93. The SMILES string of the molecule is CCc1ccc(OCC(C)O)c2c(=O)cc(C(=O)O)oc12. The normalized spacial score (nSPS) is 12.3. The van der Waals surface area contributed by atoms with Crippen LogP contribution in [0.4, 0.5) is 0 Å². The van der Waals surface area contributed by atoms with Crippen molar-refractivity contribution >= 4 is 16.9 Å². The van der Waals surface area contributed by atoms with Gasteiger partial charge in [-0.05, 0) is 25.0 Å². The number of aromatic carboxylic acids is 1. The van der Waals surface area contributed by atoms with Crippen LogP contribution in [0.3, 0.4) is 0 Å². The van der Waals surface area contributed by atoms with E-state index in [4.69, 9.17) is 14.3 Å². The third kappa shape index (κ3) is 3.05. The monoisotopic (exact) mass is 292 g/mol. The Kier molecular flexibility index (Phi) is 4.28. The highest BCUT2D eigenvalue weighted by molar-refractivity contribution is 5.91. The highest BCUT2D eigenvalue weighted by Gasteiger charge is 2.17. The van der Waals surface area contributed by atoms with Crippen molar-refractivity contribution < 1.29 is 24.2 Å². The zero-order valence-corrected chi connectivity index (χ0v) is 11.8. The fourth-order valence-corrected chi connectivity index (χ4v) is 2.00. The third-order valence-corrected chi connectivity index (χ3v) is 2.99. The van der Waals surface area contributed by atoms with Gasteiger partial charge in [0.2, 0.25) is 5.76 Å². The fraction of sp³-hybridized carbons (Fsp3) is 0.333. The van der Waals surface area contributed by atoms with E-state index in [1.165, 1.54) is 0 Å². The molecule has 0 aliphatic carbocycles. The molecule has 0 aliphatic heterocycles. The van der Waals surface area contributed by atoms with Crippen molar-refractivity contribution in [3.63, 3.8) is 0 Å². The molecule has 1 aromatic carbocycles. The lowest BCUT2D eigenvalue weighted by Gasteiger charge is -2.12. The number of carboxylic acids is 1. The number of fused-ring (bicyclic) bond motifs is 1. The van der Waals surface area contributed by atoms with Gasteiger partial charge in [-0.1, -0.05) is 13.0 Å². The second-order valence-corrected chi connectivity index (χ2v) is 4.72. The minimum Gasteiger partial charge on any atom is -0.490 e. The summed E-state index contributed by atoms with van der Waals surface area (Å²) in [7, 11) is 0. The quantitative estimate of drug-likeness (QED) is 0.872. The van der Waals surface area contributed by atoms with Gasteiger partial charge in [0.15, 0.2) is 5.43 Å². The van der Waals surface area contributed by atoms with Crippen LogP contribution in [-0.2, 0) is 6.42 Å². The number of hydrogen-bond acceptors (Lipinski definition) is 5. The Hall–Kier alpha value is -2.34. The van der Waals surface area contributed by atoms with Gasteiger partial charge in [0.1, 0.15) is 23.3 Å². The number of ether oxygens (including phenoxy) is 1. The second-order valence-electron chi connectivity index (χ2n) is 4.72. The molecule has 2 N–H and O–H groups in total. The molecule has 0 fully saturated rings. The van der Waals surface area contributed by atoms with Crippen molar-refractivity contribution in [1.29, 1.82) is 0 Å². The highest BCUT2D eigenvalue weighted by atomic mass is 16.5. The summed E-state index contributed by atoms with van der Waals surface area (Å²) in [5.74, 6) is -1.44. The van der Waals surface area contributed by atoms with Crippen LogP contribution in [0.5, 0.6) is 5.75 Å². The molecule has 0 spiro atoms. The molecule has 21 heavy (non-hydrogen) atoms. The second kappa shape index (κ2) is 5.97. The predicted molar refractivity (Wildman–Crippen MR) is 76.0 cm³/mol. The Morgan fingerprint density at radius 3 is 2.71 bits per heavy atom. The van der Waals surface area contributed by atoms with E-state index in [1.54, 1.807) is 19.1 Å². The number of aryl methyl sites for hydroxylation is 1. The number of rotatable bonds is 5. The van der Waals surface area contributed by atoms with Gasteiger partial charge in [-0.15, -0.1) is 0 Å². The van der Waals surface area contributed by atoms with E-state index in [2.05, 4.69) is 0 Å². The Balaban J connectivity index is 2.69. The smallest absolute Gasteiger partial charge is 0.371 e. The largest absolute Gasteiger partial charge is 0.490 e. The fourth-order valence-electron chi connectivity index (χ4n) is 2.00. The summed E-state index contributed by atoms with van der Waals surface area (Å²) in [6.45, 7) is 3.47. The number of carbonyl (C=O) groups is 1. The van der Waals surface area contributed by atoms with Crippen molar-refractivity contribution in [3.8, 4) is 5.75 Å². The molecule has 1 aromatic heterocycles. The summed E-state index contributed by atoms with van der Waals surface area (Å²) < 4.78 is 10.7. The van der Waals surface area contributed by atoms with Gasteiger partial charge >= 0.3 is 5.97 Å². The number of aliphatic hydroxyl groups excluding tert-OH is 1. The number of hydrogen-bond donors (Lipinski definition) is 2. The van der Waals surface area contributed by atoms with Crippen LogP contribution >= 0.6 is 0 Å². The van der Waals surface area contributed by atoms with Crippen LogP contribution in [0.1, 0.15) is 30.0 Å². The van der Waals surface area contributed by atoms with Gasteiger partial charge in [-0.3, -0.25) is 4.79 Å². The van der Waals surface area contributed by atoms with Crippen LogP contribution in [-0.4, -0.2) is 28.9 Å². The molecule has 6 nitrogen and oxygen atoms in total. The molecule has 1 atom stereocenters. The molecule has 0 aliphatic rings. The summed E-state index contributed by atoms with van der Waals surface area (Å²) in [6, 6.07) is 4.27. The first-order valence-corrected chi connectivity index (χ1v) is 6.58. The van der Waals surface area contributed by atoms with E-state index in [9.17, 15) is 14.7 Å². The lowest BCUT2D eigenvalue weighted by molar-refractivity contribution is 0.0663. The number of benzene rings is 1. The van der Waals surface area contributed by atoms with Crippen LogP contribution < -0.4 is 10.2 Å². The van der Waals surface area contributed by atoms with Crippen LogP contribution in [0, 0.1) is 0 Å². The molecule has 1 unspecified atom stereocenters. The summed E-state index contributed by atoms with van der Waals surface area (Å²) in [6.07, 6.45) is -0.102. The van der Waals surface area contributed by atoms with Gasteiger partial charge in [0.05, 0.1) is 6.10 Å². The van der Waals surface area contributed by atoms with Gasteiger partial charge in [-0.25, -0.2) is 4.79 Å². The molecule has 0 saturated carbocycles. The number of aliphatic hydroxyl groups is 1. The molecule has 0 radical (unpaired) electrons. The standard InChI is InChI=1S/C15H16O6/c1-3-9-4-5-11(20-7-8(2)16)13-10(17)6-12(15(18)19)21-14(9)13/h4-6,8,16H,3,7H2,1-2H3,(H,18,19). The van der Waals surface area contributed by atoms with Crippen molar-refractivity contribution in [3.05, 3.63) is 39.7 Å². The van der Waals surface area contributed by atoms with E-state index >= 15 is 0 Å². The molecule has 0 bridgehead atoms. The average molecular weight is 292 g/mol. The Labute approximate surface area is 120 Å². The van der Waals surface area contributed by atoms with Crippen LogP contribution in [0.15, 0.2) is 27.4 Å². The van der Waals surface area contributed by atoms with Gasteiger partial charge < -0.3 is 19.4 Å². The van der Waals surface area contributed by atoms with E-state index < -0.39 is 23.3 Å². The molecule has 0 saturated heterocycles. The van der Waals surface area contributed by atoms with E-state index in [1.807, 2.05) is 6.92 Å². The molecule has 112 valence electrons. The molecular weight excluding hydrogens is 276 g/mol. The molecular formula is C15H16O6. The minimum absolute atomic E-state index is 0.0285. The van der Waals surface area contributed by atoms with Crippen molar-refractivity contribution in [2.45, 2.75) is 26.4 Å². The summed E-state index contributed by atoms with van der Waals surface area (Å²) >= 11 is 0. The van der Waals surface area contributed by atoms with Gasteiger partial charge in [0.25, 0.3) is 0 Å². The molecule has 2 aromatic rings. The molecule has 0 amide bonds. The summed E-state index contributed by atoms with van der Waals surface area (Å²) in [4.78, 5) is 23.2. The van der Waals surface area contributed by atoms with E-state index in [0.29, 0.717) is 6.42 Å². The lowest BCUT2D eigenvalue weighted by atomic mass is 10.1. The Bertz CT molecular complexity index is 729. The Morgan fingerprint density at radius 2 is 2.14 bits per heavy atom. The van der Waals surface area contributed by atoms with Crippen LogP contribution in [0.25, 0.3) is 11.0 Å². The molecule has 6 heteroatoms. The third-order valence-electron chi connectivity index (χ3n) is 2.99. The lowest BCUT2D eigenvalue weighted by Crippen LogP contribution is -2.15. The summed E-state index contributed by atoms with van der Waals surface area (Å²) in [5, 5.41) is 18.4. The zero-order valence-electron chi connectivity index (χ0n) is 11.8. The molecule has 2 rings (SSSR count). The van der Waals surface area contributed by atoms with Crippen LogP contribution in [0.2, 0.25) is 0 Å².